The fraction of sp³-hybridized carbons (Fsp3) is 0.588. The molecular weight excluding hydrogens is 305 g/mol. The summed E-state index contributed by atoms with van der Waals surface area (Å²) in [7, 11) is 0. The summed E-state index contributed by atoms with van der Waals surface area (Å²) in [6.45, 7) is 0. The minimum absolute atomic E-state index is 0.150. The van der Waals surface area contributed by atoms with Crippen molar-refractivity contribution in [1.29, 1.82) is 0 Å². The standard InChI is InChI=1S/C17H19Cl2NO/c18-11-2-4-16(15(19)8-11)20-17(21)14-7-10-5-9-1-3-12(14)13(10)6-9/h2,4,8-10,12-14H,1,3,5-7H2,(H,20,21)/t9-,10-,12-,13-,14-/m0/s1. The largest absolute Gasteiger partial charge is 0.325 e. The van der Waals surface area contributed by atoms with Gasteiger partial charge in [-0.25, -0.2) is 0 Å². The number of benzene rings is 1. The van der Waals surface area contributed by atoms with Crippen molar-refractivity contribution in [3.63, 3.8) is 0 Å². The van der Waals surface area contributed by atoms with Crippen LogP contribution in [0, 0.1) is 29.6 Å². The first-order valence-electron chi connectivity index (χ1n) is 7.87. The maximum absolute atomic E-state index is 12.7. The molecule has 1 aromatic carbocycles. The van der Waals surface area contributed by atoms with E-state index in [2.05, 4.69) is 5.32 Å². The molecule has 3 saturated carbocycles. The second-order valence-corrected chi connectivity index (χ2v) is 7.80. The molecule has 0 saturated heterocycles. The van der Waals surface area contributed by atoms with Crippen molar-refractivity contribution < 1.29 is 4.79 Å². The van der Waals surface area contributed by atoms with E-state index < -0.39 is 0 Å². The molecule has 0 spiro atoms. The third-order valence-electron chi connectivity index (χ3n) is 5.90. The Morgan fingerprint density at radius 2 is 1.95 bits per heavy atom. The molecule has 3 aliphatic rings. The number of halogens is 2. The van der Waals surface area contributed by atoms with Gasteiger partial charge >= 0.3 is 0 Å². The molecule has 0 heterocycles. The van der Waals surface area contributed by atoms with Crippen LogP contribution in [0.15, 0.2) is 18.2 Å². The number of nitrogens with one attached hydrogen (secondary N) is 1. The highest BCUT2D eigenvalue weighted by Crippen LogP contribution is 2.59. The third kappa shape index (κ3) is 2.37. The summed E-state index contributed by atoms with van der Waals surface area (Å²) in [5, 5.41) is 4.12. The summed E-state index contributed by atoms with van der Waals surface area (Å²) < 4.78 is 0. The lowest BCUT2D eigenvalue weighted by atomic mass is 9.76. The molecule has 0 radical (unpaired) electrons. The lowest BCUT2D eigenvalue weighted by molar-refractivity contribution is -0.121. The average molecular weight is 324 g/mol. The number of fused-ring (bicyclic) bond motifs is 1. The molecule has 0 aromatic heterocycles. The van der Waals surface area contributed by atoms with Gasteiger partial charge in [-0.1, -0.05) is 29.6 Å². The van der Waals surface area contributed by atoms with Crippen molar-refractivity contribution in [1.82, 2.24) is 0 Å². The number of anilines is 1. The van der Waals surface area contributed by atoms with Crippen LogP contribution in [0.4, 0.5) is 5.69 Å². The fourth-order valence-corrected chi connectivity index (χ4v) is 5.52. The maximum Gasteiger partial charge on any atom is 0.227 e. The Bertz CT molecular complexity index is 586. The SMILES string of the molecule is O=C(Nc1ccc(Cl)cc1Cl)[C@H]1C[C@@H]2C[C@@H]3CC[C@H]1[C@H]2C3. The molecule has 0 unspecified atom stereocenters. The van der Waals surface area contributed by atoms with Gasteiger partial charge in [-0.05, 0) is 67.6 Å². The zero-order valence-electron chi connectivity index (χ0n) is 11.8. The number of rotatable bonds is 2. The molecule has 1 aromatic rings. The molecule has 3 aliphatic carbocycles. The summed E-state index contributed by atoms with van der Waals surface area (Å²) >= 11 is 12.1. The van der Waals surface area contributed by atoms with Gasteiger partial charge in [0, 0.05) is 10.9 Å². The van der Waals surface area contributed by atoms with E-state index in [0.29, 0.717) is 21.7 Å². The van der Waals surface area contributed by atoms with Crippen LogP contribution >= 0.6 is 23.2 Å². The second-order valence-electron chi connectivity index (χ2n) is 6.96. The van der Waals surface area contributed by atoms with Crippen LogP contribution in [-0.2, 0) is 4.79 Å². The van der Waals surface area contributed by atoms with Crippen LogP contribution < -0.4 is 5.32 Å². The van der Waals surface area contributed by atoms with Crippen LogP contribution in [0.2, 0.25) is 10.0 Å². The maximum atomic E-state index is 12.7. The van der Waals surface area contributed by atoms with Gasteiger partial charge in [-0.15, -0.1) is 0 Å². The van der Waals surface area contributed by atoms with Crippen molar-refractivity contribution in [2.75, 3.05) is 5.32 Å². The lowest BCUT2D eigenvalue weighted by Gasteiger charge is -2.29. The van der Waals surface area contributed by atoms with Gasteiger partial charge in [0.25, 0.3) is 0 Å². The highest BCUT2D eigenvalue weighted by atomic mass is 35.5. The molecule has 21 heavy (non-hydrogen) atoms. The highest BCUT2D eigenvalue weighted by Gasteiger charge is 2.52. The van der Waals surface area contributed by atoms with Crippen molar-refractivity contribution in [3.8, 4) is 0 Å². The van der Waals surface area contributed by atoms with E-state index in [1.807, 2.05) is 0 Å². The molecule has 4 rings (SSSR count). The Hall–Kier alpha value is -0.730. The number of carbonyl (C=O) groups is 1. The van der Waals surface area contributed by atoms with Crippen LogP contribution in [0.25, 0.3) is 0 Å². The normalized spacial score (nSPS) is 36.8. The fourth-order valence-electron chi connectivity index (χ4n) is 5.07. The van der Waals surface area contributed by atoms with Crippen molar-refractivity contribution >= 4 is 34.8 Å². The van der Waals surface area contributed by atoms with Crippen LogP contribution in [0.1, 0.15) is 32.1 Å². The summed E-state index contributed by atoms with van der Waals surface area (Å²) in [4.78, 5) is 12.7. The quantitative estimate of drug-likeness (QED) is 0.814. The highest BCUT2D eigenvalue weighted by molar-refractivity contribution is 6.36. The molecule has 2 nitrogen and oxygen atoms in total. The Kier molecular flexibility index (Phi) is 3.42. The summed E-state index contributed by atoms with van der Waals surface area (Å²) in [6.07, 6.45) is 6.34. The van der Waals surface area contributed by atoms with Gasteiger partial charge in [0.15, 0.2) is 0 Å². The van der Waals surface area contributed by atoms with Gasteiger partial charge in [0.05, 0.1) is 10.7 Å². The lowest BCUT2D eigenvalue weighted by Crippen LogP contribution is -2.30. The van der Waals surface area contributed by atoms with E-state index in [-0.39, 0.29) is 11.8 Å². The topological polar surface area (TPSA) is 29.1 Å². The minimum atomic E-state index is 0.150. The molecule has 3 fully saturated rings. The number of hydrogen-bond donors (Lipinski definition) is 1. The molecule has 0 aliphatic heterocycles. The Morgan fingerprint density at radius 1 is 1.10 bits per heavy atom. The first-order valence-corrected chi connectivity index (χ1v) is 8.63. The summed E-state index contributed by atoms with van der Waals surface area (Å²) in [5.41, 5.74) is 0.678. The Morgan fingerprint density at radius 3 is 2.76 bits per heavy atom. The first-order chi connectivity index (χ1) is 10.1. The smallest absolute Gasteiger partial charge is 0.227 e. The molecule has 1 N–H and O–H groups in total. The number of hydrogen-bond acceptors (Lipinski definition) is 1. The first kappa shape index (κ1) is 13.9. The predicted octanol–water partition coefficient (Wildman–Crippen LogP) is 5.00. The van der Waals surface area contributed by atoms with Crippen LogP contribution in [-0.4, -0.2) is 5.91 Å². The van der Waals surface area contributed by atoms with E-state index in [9.17, 15) is 4.79 Å². The van der Waals surface area contributed by atoms with Gasteiger partial charge in [-0.3, -0.25) is 4.79 Å². The number of carbonyl (C=O) groups excluding carboxylic acids is 1. The zero-order valence-corrected chi connectivity index (χ0v) is 13.3. The van der Waals surface area contributed by atoms with E-state index in [4.69, 9.17) is 23.2 Å². The third-order valence-corrected chi connectivity index (χ3v) is 6.45. The molecule has 5 atom stereocenters. The number of amides is 1. The predicted molar refractivity (Wildman–Crippen MR) is 85.6 cm³/mol. The monoisotopic (exact) mass is 323 g/mol. The average Bonchev–Trinajstić information content (AvgIpc) is 2.93. The van der Waals surface area contributed by atoms with Gasteiger partial charge < -0.3 is 5.32 Å². The van der Waals surface area contributed by atoms with Crippen LogP contribution in [0.3, 0.4) is 0 Å². The van der Waals surface area contributed by atoms with Gasteiger partial charge in [0.1, 0.15) is 0 Å². The minimum Gasteiger partial charge on any atom is -0.325 e. The van der Waals surface area contributed by atoms with E-state index in [1.54, 1.807) is 18.2 Å². The Balaban J connectivity index is 1.50. The molecule has 112 valence electrons. The van der Waals surface area contributed by atoms with Crippen molar-refractivity contribution in [2.45, 2.75) is 32.1 Å². The van der Waals surface area contributed by atoms with E-state index in [1.165, 1.54) is 25.7 Å². The molecule has 2 bridgehead atoms. The van der Waals surface area contributed by atoms with E-state index >= 15 is 0 Å². The Labute approximate surface area is 135 Å². The van der Waals surface area contributed by atoms with E-state index in [0.717, 1.165) is 24.2 Å². The molecule has 4 heteroatoms. The zero-order chi connectivity index (χ0) is 14.6. The van der Waals surface area contributed by atoms with Gasteiger partial charge in [-0.2, -0.15) is 0 Å². The second kappa shape index (κ2) is 5.17. The molecular formula is C17H19Cl2NO. The summed E-state index contributed by atoms with van der Waals surface area (Å²) in [6, 6.07) is 5.22. The van der Waals surface area contributed by atoms with Gasteiger partial charge in [0.2, 0.25) is 5.91 Å². The van der Waals surface area contributed by atoms with Crippen molar-refractivity contribution in [3.05, 3.63) is 28.2 Å². The van der Waals surface area contributed by atoms with Crippen molar-refractivity contribution in [2.24, 2.45) is 29.6 Å². The van der Waals surface area contributed by atoms with Crippen LogP contribution in [0.5, 0.6) is 0 Å². The summed E-state index contributed by atoms with van der Waals surface area (Å²) in [5.74, 6) is 3.47. The molecule has 1 amide bonds.